The van der Waals surface area contributed by atoms with Crippen molar-refractivity contribution >= 4 is 28.7 Å². The number of aromatic nitrogens is 1. The van der Waals surface area contributed by atoms with Crippen LogP contribution in [-0.4, -0.2) is 28.3 Å². The first-order chi connectivity index (χ1) is 14.7. The lowest BCUT2D eigenvalue weighted by Crippen LogP contribution is -2.19. The number of hydrogen-bond acceptors (Lipinski definition) is 5. The lowest BCUT2D eigenvalue weighted by molar-refractivity contribution is -0.137. The zero-order valence-corrected chi connectivity index (χ0v) is 16.6. The molecule has 1 saturated carbocycles. The van der Waals surface area contributed by atoms with Crippen LogP contribution in [0.15, 0.2) is 52.9 Å². The molecule has 1 aromatic heterocycles. The van der Waals surface area contributed by atoms with Crippen molar-refractivity contribution in [1.29, 1.82) is 0 Å². The number of alkyl halides is 3. The third-order valence-electron chi connectivity index (χ3n) is 4.66. The van der Waals surface area contributed by atoms with Gasteiger partial charge in [0.15, 0.2) is 0 Å². The van der Waals surface area contributed by atoms with E-state index in [4.69, 9.17) is 0 Å². The molecule has 4 rings (SSSR count). The maximum atomic E-state index is 13.4. The zero-order valence-electron chi connectivity index (χ0n) is 15.8. The number of nitrogens with zero attached hydrogens (tertiary/aromatic N) is 3. The van der Waals surface area contributed by atoms with Crippen LogP contribution in [0.3, 0.4) is 0 Å². The number of aromatic carboxylic acids is 1. The normalized spacial score (nSPS) is 14.2. The van der Waals surface area contributed by atoms with Crippen molar-refractivity contribution in [1.82, 2.24) is 4.98 Å². The van der Waals surface area contributed by atoms with Gasteiger partial charge in [0.25, 0.3) is 0 Å². The quantitative estimate of drug-likeness (QED) is 0.299. The second-order valence-electron chi connectivity index (χ2n) is 6.92. The van der Waals surface area contributed by atoms with Crippen molar-refractivity contribution in [2.45, 2.75) is 25.1 Å². The Morgan fingerprint density at radius 1 is 1.23 bits per heavy atom. The molecule has 0 bridgehead atoms. The summed E-state index contributed by atoms with van der Waals surface area (Å²) < 4.78 is 53.4. The van der Waals surface area contributed by atoms with Gasteiger partial charge in [-0.05, 0) is 37.1 Å². The number of carboxylic acid groups (broad SMARTS) is 1. The van der Waals surface area contributed by atoms with E-state index in [-0.39, 0.29) is 28.4 Å². The molecule has 1 fully saturated rings. The Balaban J connectivity index is 1.66. The largest absolute Gasteiger partial charge is 0.478 e. The maximum Gasteiger partial charge on any atom is 0.417 e. The summed E-state index contributed by atoms with van der Waals surface area (Å²) in [7, 11) is 0. The van der Waals surface area contributed by atoms with Crippen LogP contribution in [-0.2, 0) is 6.18 Å². The molecule has 5 nitrogen and oxygen atoms in total. The van der Waals surface area contributed by atoms with E-state index in [1.165, 1.54) is 35.9 Å². The van der Waals surface area contributed by atoms with E-state index < -0.39 is 23.5 Å². The molecule has 0 spiro atoms. The smallest absolute Gasteiger partial charge is 0.417 e. The lowest BCUT2D eigenvalue weighted by Gasteiger charge is -2.15. The third-order valence-corrected chi connectivity index (χ3v) is 5.49. The molecule has 0 radical (unpaired) electrons. The second-order valence-corrected chi connectivity index (χ2v) is 7.75. The number of carbonyl (C=O) groups is 1. The van der Waals surface area contributed by atoms with E-state index in [0.717, 1.165) is 42.4 Å². The van der Waals surface area contributed by atoms with Crippen molar-refractivity contribution in [3.8, 4) is 11.3 Å². The zero-order chi connectivity index (χ0) is 22.2. The minimum atomic E-state index is -4.51. The average Bonchev–Trinajstić information content (AvgIpc) is 3.44. The maximum absolute atomic E-state index is 13.4. The van der Waals surface area contributed by atoms with Gasteiger partial charge in [-0.25, -0.2) is 19.2 Å². The Kier molecular flexibility index (Phi) is 5.48. The molecule has 1 aliphatic carbocycles. The second kappa shape index (κ2) is 8.10. The molecule has 0 aliphatic heterocycles. The molecule has 31 heavy (non-hydrogen) atoms. The van der Waals surface area contributed by atoms with Gasteiger partial charge in [0.05, 0.1) is 29.1 Å². The van der Waals surface area contributed by atoms with Crippen LogP contribution in [0.25, 0.3) is 11.3 Å². The highest BCUT2D eigenvalue weighted by molar-refractivity contribution is 7.14. The highest BCUT2D eigenvalue weighted by Crippen LogP contribution is 2.40. The van der Waals surface area contributed by atoms with Crippen molar-refractivity contribution in [2.75, 3.05) is 5.01 Å². The van der Waals surface area contributed by atoms with Gasteiger partial charge in [-0.1, -0.05) is 18.2 Å². The average molecular weight is 449 g/mol. The molecule has 0 unspecified atom stereocenters. The van der Waals surface area contributed by atoms with Crippen molar-refractivity contribution < 1.29 is 27.5 Å². The lowest BCUT2D eigenvalue weighted by atomic mass is 10.1. The predicted molar refractivity (Wildman–Crippen MR) is 109 cm³/mol. The van der Waals surface area contributed by atoms with E-state index in [0.29, 0.717) is 5.13 Å². The summed E-state index contributed by atoms with van der Waals surface area (Å²) in [5.41, 5.74) is -0.645. The fourth-order valence-electron chi connectivity index (χ4n) is 3.02. The molecule has 1 heterocycles. The summed E-state index contributed by atoms with van der Waals surface area (Å²) in [4.78, 5) is 15.7. The number of benzene rings is 2. The monoisotopic (exact) mass is 449 g/mol. The van der Waals surface area contributed by atoms with E-state index >= 15 is 0 Å². The molecular weight excluding hydrogens is 434 g/mol. The molecule has 2 aromatic carbocycles. The van der Waals surface area contributed by atoms with Crippen LogP contribution in [0.4, 0.5) is 22.7 Å². The first-order valence-corrected chi connectivity index (χ1v) is 10.1. The number of halogens is 4. The van der Waals surface area contributed by atoms with Crippen LogP contribution in [0.5, 0.6) is 0 Å². The Morgan fingerprint density at radius 3 is 2.65 bits per heavy atom. The molecule has 0 saturated heterocycles. The van der Waals surface area contributed by atoms with Crippen molar-refractivity contribution in [3.63, 3.8) is 0 Å². The number of rotatable bonds is 6. The van der Waals surface area contributed by atoms with E-state index in [1.54, 1.807) is 5.01 Å². The van der Waals surface area contributed by atoms with Crippen molar-refractivity contribution in [3.05, 3.63) is 70.4 Å². The van der Waals surface area contributed by atoms with Crippen LogP contribution >= 0.6 is 11.3 Å². The topological polar surface area (TPSA) is 65.8 Å². The summed E-state index contributed by atoms with van der Waals surface area (Å²) in [6, 6.07) is 8.57. The first kappa shape index (κ1) is 21.0. The van der Waals surface area contributed by atoms with Crippen LogP contribution in [0.1, 0.15) is 34.3 Å². The molecular formula is C21H15F4N3O2S. The molecule has 0 amide bonds. The number of thiazole rings is 1. The standard InChI is InChI=1S/C21H15F4N3O2S/c22-13-6-5-12(16(9-13)19(29)30)10-26-28(14-7-8-14)20-27-18(11-31-20)15-3-1-2-4-17(15)21(23,24)25/h1-6,9-11,14H,7-8H2,(H,29,30). The number of hydrazone groups is 1. The minimum absolute atomic E-state index is 0.0156. The van der Waals surface area contributed by atoms with Gasteiger partial charge >= 0.3 is 12.1 Å². The summed E-state index contributed by atoms with van der Waals surface area (Å²) >= 11 is 1.15. The van der Waals surface area contributed by atoms with E-state index in [1.807, 2.05) is 0 Å². The van der Waals surface area contributed by atoms with E-state index in [9.17, 15) is 27.5 Å². The van der Waals surface area contributed by atoms with Gasteiger partial charge in [-0.3, -0.25) is 0 Å². The molecule has 10 heteroatoms. The van der Waals surface area contributed by atoms with Gasteiger partial charge in [0.2, 0.25) is 5.13 Å². The summed E-state index contributed by atoms with van der Waals surface area (Å²) in [6.07, 6.45) is -1.57. The van der Waals surface area contributed by atoms with Gasteiger partial charge < -0.3 is 5.11 Å². The summed E-state index contributed by atoms with van der Waals surface area (Å²) in [5.74, 6) is -1.97. The fraction of sp³-hybridized carbons (Fsp3) is 0.190. The Hall–Kier alpha value is -3.27. The number of carboxylic acids is 1. The third kappa shape index (κ3) is 4.58. The number of anilines is 1. The molecule has 160 valence electrons. The van der Waals surface area contributed by atoms with Gasteiger partial charge in [-0.15, -0.1) is 11.3 Å². The van der Waals surface area contributed by atoms with Gasteiger partial charge in [-0.2, -0.15) is 18.3 Å². The minimum Gasteiger partial charge on any atom is -0.478 e. The van der Waals surface area contributed by atoms with Gasteiger partial charge in [0, 0.05) is 16.5 Å². The van der Waals surface area contributed by atoms with Crippen molar-refractivity contribution in [2.24, 2.45) is 5.10 Å². The Morgan fingerprint density at radius 2 is 1.97 bits per heavy atom. The summed E-state index contributed by atoms with van der Waals surface area (Å²) in [6.45, 7) is 0. The molecule has 0 atom stereocenters. The Bertz CT molecular complexity index is 1160. The van der Waals surface area contributed by atoms with E-state index in [2.05, 4.69) is 10.1 Å². The predicted octanol–water partition coefficient (Wildman–Crippen LogP) is 5.67. The SMILES string of the molecule is O=C(O)c1cc(F)ccc1C=NN(c1nc(-c2ccccc2C(F)(F)F)cs1)C1CC1. The van der Waals surface area contributed by atoms with Crippen LogP contribution in [0, 0.1) is 5.82 Å². The highest BCUT2D eigenvalue weighted by Gasteiger charge is 2.35. The molecule has 1 N–H and O–H groups in total. The summed E-state index contributed by atoms with van der Waals surface area (Å²) in [5, 5.41) is 17.1. The van der Waals surface area contributed by atoms with Crippen LogP contribution in [0.2, 0.25) is 0 Å². The van der Waals surface area contributed by atoms with Gasteiger partial charge in [0.1, 0.15) is 5.82 Å². The van der Waals surface area contributed by atoms with Crippen LogP contribution < -0.4 is 5.01 Å². The first-order valence-electron chi connectivity index (χ1n) is 9.22. The number of hydrogen-bond donors (Lipinski definition) is 1. The molecule has 1 aliphatic rings. The fourth-order valence-corrected chi connectivity index (χ4v) is 3.87. The highest BCUT2D eigenvalue weighted by atomic mass is 32.1. The Labute approximate surface area is 178 Å². The molecule has 3 aromatic rings.